The zero-order valence-corrected chi connectivity index (χ0v) is 14.5. The first-order chi connectivity index (χ1) is 11.4. The number of aliphatic carboxylic acids is 1. The molecular formula is C20H22N2O2. The SMILES string of the molecule is CC(=O)[O-].CC1=C2c3ccccc3[NH2+]C2C(C)=C2C=CN(C)C=C12. The van der Waals surface area contributed by atoms with Crippen LogP contribution in [-0.4, -0.2) is 24.0 Å². The fraction of sp³-hybridized carbons (Fsp3) is 0.250. The summed E-state index contributed by atoms with van der Waals surface area (Å²) in [6.07, 6.45) is 6.64. The molecule has 0 aromatic heterocycles. The number of carbonyl (C=O) groups is 1. The highest BCUT2D eigenvalue weighted by atomic mass is 16.4. The van der Waals surface area contributed by atoms with Gasteiger partial charge in [0.25, 0.3) is 0 Å². The first-order valence-corrected chi connectivity index (χ1v) is 8.06. The minimum Gasteiger partial charge on any atom is -0.550 e. The molecule has 0 saturated heterocycles. The molecule has 1 unspecified atom stereocenters. The Kier molecular flexibility index (Phi) is 4.16. The number of hydrogen-bond acceptors (Lipinski definition) is 3. The number of carbonyl (C=O) groups excluding carboxylic acids is 1. The van der Waals surface area contributed by atoms with Gasteiger partial charge in [-0.3, -0.25) is 0 Å². The van der Waals surface area contributed by atoms with Crippen molar-refractivity contribution in [2.24, 2.45) is 0 Å². The number of hydrogen-bond donors (Lipinski definition) is 1. The van der Waals surface area contributed by atoms with Crippen LogP contribution in [0.3, 0.4) is 0 Å². The van der Waals surface area contributed by atoms with E-state index in [1.54, 1.807) is 0 Å². The van der Waals surface area contributed by atoms with Gasteiger partial charge in [-0.25, -0.2) is 0 Å². The average molecular weight is 322 g/mol. The van der Waals surface area contributed by atoms with Crippen molar-refractivity contribution in [2.75, 3.05) is 7.05 Å². The van der Waals surface area contributed by atoms with Gasteiger partial charge < -0.3 is 20.1 Å². The van der Waals surface area contributed by atoms with Crippen molar-refractivity contribution in [1.29, 1.82) is 0 Å². The number of allylic oxidation sites excluding steroid dienone is 4. The van der Waals surface area contributed by atoms with Gasteiger partial charge in [0, 0.05) is 42.1 Å². The third-order valence-electron chi connectivity index (χ3n) is 4.71. The highest BCUT2D eigenvalue weighted by molar-refractivity contribution is 5.88. The van der Waals surface area contributed by atoms with Crippen LogP contribution in [-0.2, 0) is 4.79 Å². The molecule has 0 amide bonds. The lowest BCUT2D eigenvalue weighted by molar-refractivity contribution is -0.581. The van der Waals surface area contributed by atoms with Crippen molar-refractivity contribution in [3.05, 3.63) is 70.6 Å². The molecule has 1 aliphatic carbocycles. The summed E-state index contributed by atoms with van der Waals surface area (Å²) in [7, 11) is 2.09. The molecule has 0 radical (unpaired) electrons. The third kappa shape index (κ3) is 2.69. The summed E-state index contributed by atoms with van der Waals surface area (Å²) < 4.78 is 0. The molecule has 3 aliphatic rings. The van der Waals surface area contributed by atoms with E-state index in [4.69, 9.17) is 9.90 Å². The van der Waals surface area contributed by atoms with Crippen LogP contribution in [0.5, 0.6) is 0 Å². The molecular weight excluding hydrogens is 300 g/mol. The van der Waals surface area contributed by atoms with Crippen LogP contribution < -0.4 is 10.4 Å². The van der Waals surface area contributed by atoms with Gasteiger partial charge in [0.15, 0.2) is 0 Å². The van der Waals surface area contributed by atoms with Gasteiger partial charge in [-0.2, -0.15) is 0 Å². The van der Waals surface area contributed by atoms with Gasteiger partial charge in [0.1, 0.15) is 11.7 Å². The zero-order valence-electron chi connectivity index (χ0n) is 14.5. The van der Waals surface area contributed by atoms with E-state index in [1.807, 2.05) is 0 Å². The van der Waals surface area contributed by atoms with Gasteiger partial charge in [0.2, 0.25) is 0 Å². The van der Waals surface area contributed by atoms with Gasteiger partial charge in [-0.15, -0.1) is 0 Å². The summed E-state index contributed by atoms with van der Waals surface area (Å²) in [5.74, 6) is -1.08. The molecule has 0 fully saturated rings. The topological polar surface area (TPSA) is 60.0 Å². The fourth-order valence-electron chi connectivity index (χ4n) is 3.65. The van der Waals surface area contributed by atoms with Crippen LogP contribution in [0.4, 0.5) is 5.69 Å². The summed E-state index contributed by atoms with van der Waals surface area (Å²) in [5, 5.41) is 11.3. The van der Waals surface area contributed by atoms with Gasteiger partial charge in [-0.05, 0) is 55.7 Å². The Morgan fingerprint density at radius 2 is 1.92 bits per heavy atom. The average Bonchev–Trinajstić information content (AvgIpc) is 2.92. The van der Waals surface area contributed by atoms with Crippen molar-refractivity contribution in [3.63, 3.8) is 0 Å². The van der Waals surface area contributed by atoms with Gasteiger partial charge in [0.05, 0.1) is 0 Å². The molecule has 4 nitrogen and oxygen atoms in total. The molecule has 0 bridgehead atoms. The van der Waals surface area contributed by atoms with Gasteiger partial charge in [-0.1, -0.05) is 12.1 Å². The van der Waals surface area contributed by atoms with E-state index in [-0.39, 0.29) is 0 Å². The summed E-state index contributed by atoms with van der Waals surface area (Å²) >= 11 is 0. The molecule has 0 saturated carbocycles. The van der Waals surface area contributed by atoms with Crippen LogP contribution in [0.15, 0.2) is 65.0 Å². The Bertz CT molecular complexity index is 824. The van der Waals surface area contributed by atoms with E-state index >= 15 is 0 Å². The summed E-state index contributed by atoms with van der Waals surface area (Å²) in [5.41, 5.74) is 9.96. The second-order valence-electron chi connectivity index (χ2n) is 6.38. The van der Waals surface area contributed by atoms with Crippen molar-refractivity contribution in [1.82, 2.24) is 4.90 Å². The number of para-hydroxylation sites is 1. The summed E-state index contributed by atoms with van der Waals surface area (Å²) in [6.45, 7) is 5.52. The lowest BCUT2D eigenvalue weighted by atomic mass is 9.79. The Morgan fingerprint density at radius 3 is 2.62 bits per heavy atom. The van der Waals surface area contributed by atoms with Crippen molar-refractivity contribution < 1.29 is 15.2 Å². The summed E-state index contributed by atoms with van der Waals surface area (Å²) in [6, 6.07) is 9.21. The van der Waals surface area contributed by atoms with Gasteiger partial charge >= 0.3 is 0 Å². The minimum absolute atomic E-state index is 0.451. The number of quaternary nitrogens is 1. The van der Waals surface area contributed by atoms with Crippen LogP contribution in [0.2, 0.25) is 0 Å². The highest BCUT2D eigenvalue weighted by Crippen LogP contribution is 2.43. The maximum atomic E-state index is 8.89. The fourth-order valence-corrected chi connectivity index (χ4v) is 3.65. The first kappa shape index (κ1) is 16.3. The molecule has 4 heteroatoms. The number of fused-ring (bicyclic) bond motifs is 4. The largest absolute Gasteiger partial charge is 0.550 e. The van der Waals surface area contributed by atoms with E-state index in [9.17, 15) is 0 Å². The Balaban J connectivity index is 0.000000383. The molecule has 0 spiro atoms. The van der Waals surface area contributed by atoms with E-state index in [2.05, 4.69) is 73.9 Å². The Morgan fingerprint density at radius 1 is 1.25 bits per heavy atom. The molecule has 1 atom stereocenters. The van der Waals surface area contributed by atoms with Crippen molar-refractivity contribution in [3.8, 4) is 0 Å². The second kappa shape index (κ2) is 6.13. The quantitative estimate of drug-likeness (QED) is 0.736. The zero-order chi connectivity index (χ0) is 17.4. The van der Waals surface area contributed by atoms with Crippen molar-refractivity contribution >= 4 is 17.2 Å². The lowest BCUT2D eigenvalue weighted by Crippen LogP contribution is -2.82. The first-order valence-electron chi connectivity index (χ1n) is 8.06. The predicted octanol–water partition coefficient (Wildman–Crippen LogP) is 1.47. The molecule has 24 heavy (non-hydrogen) atoms. The van der Waals surface area contributed by atoms with E-state index in [0.717, 1.165) is 6.92 Å². The molecule has 4 rings (SSSR count). The number of benzene rings is 1. The second-order valence-corrected chi connectivity index (χ2v) is 6.38. The standard InChI is InChI=1S/C18H18N2.C2H4O2/c1-11-15-10-20(3)9-8-13(15)12(2)18-17(11)14-6-4-5-7-16(14)19-18;1-2(3)4/h4-10,18-19H,1-3H3;1H3,(H,3,4). The molecule has 2 N–H and O–H groups in total. The molecule has 1 aromatic carbocycles. The van der Waals surface area contributed by atoms with E-state index in [1.165, 1.54) is 39.1 Å². The number of rotatable bonds is 0. The highest BCUT2D eigenvalue weighted by Gasteiger charge is 2.39. The molecule has 2 aliphatic heterocycles. The maximum absolute atomic E-state index is 8.89. The van der Waals surface area contributed by atoms with E-state index < -0.39 is 5.97 Å². The molecule has 1 aromatic rings. The normalized spacial score (nSPS) is 20.8. The van der Waals surface area contributed by atoms with Crippen LogP contribution >= 0.6 is 0 Å². The Labute approximate surface area is 142 Å². The van der Waals surface area contributed by atoms with Crippen LogP contribution in [0.25, 0.3) is 5.57 Å². The number of nitrogens with two attached hydrogens (primary N) is 1. The van der Waals surface area contributed by atoms with Crippen LogP contribution in [0.1, 0.15) is 26.3 Å². The molecule has 124 valence electrons. The number of carboxylic acid groups (broad SMARTS) is 1. The smallest absolute Gasteiger partial charge is 0.140 e. The lowest BCUT2D eigenvalue weighted by Gasteiger charge is -2.29. The summed E-state index contributed by atoms with van der Waals surface area (Å²) in [4.78, 5) is 11.0. The predicted molar refractivity (Wildman–Crippen MR) is 92.8 cm³/mol. The maximum Gasteiger partial charge on any atom is 0.140 e. The number of carboxylic acids is 1. The van der Waals surface area contributed by atoms with Crippen LogP contribution in [0, 0.1) is 0 Å². The van der Waals surface area contributed by atoms with E-state index in [0.29, 0.717) is 6.04 Å². The number of nitrogens with zero attached hydrogens (tertiary/aromatic N) is 1. The Hall–Kier alpha value is -2.59. The molecule has 2 heterocycles. The third-order valence-corrected chi connectivity index (χ3v) is 4.71. The van der Waals surface area contributed by atoms with Crippen molar-refractivity contribution in [2.45, 2.75) is 26.8 Å². The minimum atomic E-state index is -1.08. The monoisotopic (exact) mass is 322 g/mol.